The van der Waals surface area contributed by atoms with Crippen LogP contribution in [-0.2, 0) is 10.2 Å². The molecule has 5 nitrogen and oxygen atoms in total. The zero-order chi connectivity index (χ0) is 15.7. The molecule has 5 heteroatoms. The number of benzene rings is 1. The van der Waals surface area contributed by atoms with Crippen LogP contribution >= 0.6 is 0 Å². The number of nitrogens with two attached hydrogens (primary N) is 1. The zero-order valence-electron chi connectivity index (χ0n) is 12.6. The van der Waals surface area contributed by atoms with Gasteiger partial charge in [-0.3, -0.25) is 4.79 Å². The van der Waals surface area contributed by atoms with Crippen LogP contribution in [0.4, 0.5) is 0 Å². The van der Waals surface area contributed by atoms with E-state index in [0.29, 0.717) is 24.6 Å². The molecule has 1 fully saturated rings. The summed E-state index contributed by atoms with van der Waals surface area (Å²) in [7, 11) is 0. The molecular weight excluding hydrogens is 278 g/mol. The molecule has 3 atom stereocenters. The van der Waals surface area contributed by atoms with Gasteiger partial charge in [-0.05, 0) is 43.4 Å². The number of hydrogen-bond donors (Lipinski definition) is 2. The Balaban J connectivity index is 1.89. The normalized spacial score (nSPS) is 24.9. The van der Waals surface area contributed by atoms with Crippen molar-refractivity contribution in [3.63, 3.8) is 0 Å². The van der Waals surface area contributed by atoms with E-state index < -0.39 is 11.4 Å². The molecule has 3 rings (SSSR count). The van der Waals surface area contributed by atoms with Crippen LogP contribution < -0.4 is 5.73 Å². The van der Waals surface area contributed by atoms with Crippen LogP contribution in [-0.4, -0.2) is 27.2 Å². The van der Waals surface area contributed by atoms with Gasteiger partial charge >= 0.3 is 5.97 Å². The summed E-state index contributed by atoms with van der Waals surface area (Å²) in [5, 5.41) is 9.74. The average molecular weight is 299 g/mol. The van der Waals surface area contributed by atoms with Crippen LogP contribution in [0.1, 0.15) is 25.5 Å². The van der Waals surface area contributed by atoms with E-state index in [2.05, 4.69) is 11.9 Å². The summed E-state index contributed by atoms with van der Waals surface area (Å²) in [6, 6.07) is 9.79. The number of imidazole rings is 1. The van der Waals surface area contributed by atoms with Crippen molar-refractivity contribution < 1.29 is 9.90 Å². The topological polar surface area (TPSA) is 81.1 Å². The summed E-state index contributed by atoms with van der Waals surface area (Å²) in [4.78, 5) is 16.3. The fraction of sp³-hybridized carbons (Fsp3) is 0.412. The lowest BCUT2D eigenvalue weighted by Crippen LogP contribution is -2.25. The van der Waals surface area contributed by atoms with Gasteiger partial charge in [0.15, 0.2) is 0 Å². The van der Waals surface area contributed by atoms with Gasteiger partial charge in [0.25, 0.3) is 0 Å². The molecular formula is C17H21N3O2. The quantitative estimate of drug-likeness (QED) is 0.857. The summed E-state index contributed by atoms with van der Waals surface area (Å²) in [5.74, 6) is -0.365. The van der Waals surface area contributed by atoms with Crippen LogP contribution in [0.15, 0.2) is 42.9 Å². The van der Waals surface area contributed by atoms with Crippen LogP contribution in [0.25, 0.3) is 5.69 Å². The second-order valence-electron chi connectivity index (χ2n) is 6.14. The molecule has 1 aliphatic carbocycles. The largest absolute Gasteiger partial charge is 0.481 e. The van der Waals surface area contributed by atoms with Gasteiger partial charge in [0.2, 0.25) is 0 Å². The third-order valence-electron chi connectivity index (χ3n) is 4.80. The van der Waals surface area contributed by atoms with E-state index in [1.165, 1.54) is 0 Å². The molecule has 1 unspecified atom stereocenters. The van der Waals surface area contributed by atoms with Crippen LogP contribution in [0, 0.1) is 11.8 Å². The summed E-state index contributed by atoms with van der Waals surface area (Å²) in [6.45, 7) is 2.67. The number of hydrogen-bond acceptors (Lipinski definition) is 3. The zero-order valence-corrected chi connectivity index (χ0v) is 12.6. The van der Waals surface area contributed by atoms with Crippen molar-refractivity contribution in [3.05, 3.63) is 48.5 Å². The summed E-state index contributed by atoms with van der Waals surface area (Å²) < 4.78 is 1.88. The molecule has 1 aromatic carbocycles. The lowest BCUT2D eigenvalue weighted by molar-refractivity contribution is -0.140. The fourth-order valence-electron chi connectivity index (χ4n) is 3.38. The van der Waals surface area contributed by atoms with Gasteiger partial charge in [-0.1, -0.05) is 25.1 Å². The molecule has 116 valence electrons. The number of carboxylic acid groups (broad SMARTS) is 1. The van der Waals surface area contributed by atoms with Crippen LogP contribution in [0.3, 0.4) is 0 Å². The Kier molecular flexibility index (Phi) is 3.74. The average Bonchev–Trinajstić information content (AvgIpc) is 3.10. The number of carboxylic acids is 1. The number of rotatable bonds is 6. The SMILES string of the molecule is CC(CCN)[C@H]1C[C@]1(C(=O)O)c1cn(-c2ccccc2)cn1. The smallest absolute Gasteiger partial charge is 0.316 e. The van der Waals surface area contributed by atoms with Crippen molar-refractivity contribution in [2.75, 3.05) is 6.54 Å². The maximum Gasteiger partial charge on any atom is 0.316 e. The number of carbonyl (C=O) groups is 1. The molecule has 2 aromatic rings. The molecule has 0 amide bonds. The van der Waals surface area contributed by atoms with E-state index >= 15 is 0 Å². The Hall–Kier alpha value is -2.14. The van der Waals surface area contributed by atoms with Gasteiger partial charge in [-0.15, -0.1) is 0 Å². The minimum Gasteiger partial charge on any atom is -0.481 e. The van der Waals surface area contributed by atoms with Crippen molar-refractivity contribution in [2.45, 2.75) is 25.2 Å². The molecule has 0 spiro atoms. The van der Waals surface area contributed by atoms with Gasteiger partial charge < -0.3 is 15.4 Å². The van der Waals surface area contributed by atoms with Gasteiger partial charge in [0.1, 0.15) is 5.41 Å². The van der Waals surface area contributed by atoms with Crippen molar-refractivity contribution in [1.82, 2.24) is 9.55 Å². The van der Waals surface area contributed by atoms with Crippen molar-refractivity contribution in [3.8, 4) is 5.69 Å². The summed E-state index contributed by atoms with van der Waals surface area (Å²) >= 11 is 0. The van der Waals surface area contributed by atoms with Gasteiger partial charge in [-0.2, -0.15) is 0 Å². The number of aliphatic carboxylic acids is 1. The van der Waals surface area contributed by atoms with E-state index in [4.69, 9.17) is 5.73 Å². The highest BCUT2D eigenvalue weighted by Crippen LogP contribution is 2.58. The molecule has 1 saturated carbocycles. The highest BCUT2D eigenvalue weighted by molar-refractivity contribution is 5.85. The molecule has 1 aliphatic rings. The lowest BCUT2D eigenvalue weighted by atomic mass is 9.91. The Morgan fingerprint density at radius 3 is 2.86 bits per heavy atom. The second kappa shape index (κ2) is 5.57. The highest BCUT2D eigenvalue weighted by Gasteiger charge is 2.64. The third kappa shape index (κ3) is 2.31. The molecule has 0 radical (unpaired) electrons. The molecule has 0 bridgehead atoms. The molecule has 3 N–H and O–H groups in total. The predicted octanol–water partition coefficient (Wildman–Crippen LogP) is 2.20. The first-order valence-corrected chi connectivity index (χ1v) is 7.63. The van der Waals surface area contributed by atoms with E-state index in [9.17, 15) is 9.90 Å². The first-order valence-electron chi connectivity index (χ1n) is 7.63. The maximum atomic E-state index is 11.9. The minimum absolute atomic E-state index is 0.118. The van der Waals surface area contributed by atoms with E-state index in [1.54, 1.807) is 6.33 Å². The minimum atomic E-state index is -0.839. The standard InChI is InChI=1S/C17H21N3O2/c1-12(7-8-18)14-9-17(14,16(21)22)15-10-20(11-19-15)13-5-3-2-4-6-13/h2-6,10-12,14H,7-9,18H2,1H3,(H,21,22)/t12?,14-,17-/m1/s1. The Bertz CT molecular complexity index is 668. The summed E-state index contributed by atoms with van der Waals surface area (Å²) in [5.41, 5.74) is 6.40. The number of aromatic nitrogens is 2. The van der Waals surface area contributed by atoms with Crippen molar-refractivity contribution >= 4 is 5.97 Å². The molecule has 22 heavy (non-hydrogen) atoms. The number of para-hydroxylation sites is 1. The van der Waals surface area contributed by atoms with Crippen LogP contribution in [0.5, 0.6) is 0 Å². The first kappa shape index (κ1) is 14.8. The maximum absolute atomic E-state index is 11.9. The first-order chi connectivity index (χ1) is 10.6. The Morgan fingerprint density at radius 2 is 2.23 bits per heavy atom. The van der Waals surface area contributed by atoms with Crippen LogP contribution in [0.2, 0.25) is 0 Å². The fourth-order valence-corrected chi connectivity index (χ4v) is 3.38. The Labute approximate surface area is 129 Å². The van der Waals surface area contributed by atoms with E-state index in [-0.39, 0.29) is 5.92 Å². The van der Waals surface area contributed by atoms with E-state index in [1.807, 2.05) is 41.1 Å². The van der Waals surface area contributed by atoms with Crippen molar-refractivity contribution in [1.29, 1.82) is 0 Å². The Morgan fingerprint density at radius 1 is 1.50 bits per heavy atom. The van der Waals surface area contributed by atoms with Crippen molar-refractivity contribution in [2.24, 2.45) is 17.6 Å². The van der Waals surface area contributed by atoms with Gasteiger partial charge in [0, 0.05) is 11.9 Å². The molecule has 0 saturated heterocycles. The third-order valence-corrected chi connectivity index (χ3v) is 4.80. The lowest BCUT2D eigenvalue weighted by Gasteiger charge is -2.14. The highest BCUT2D eigenvalue weighted by atomic mass is 16.4. The number of nitrogens with zero attached hydrogens (tertiary/aromatic N) is 2. The molecule has 0 aliphatic heterocycles. The summed E-state index contributed by atoms with van der Waals surface area (Å²) in [6.07, 6.45) is 5.03. The monoisotopic (exact) mass is 299 g/mol. The second-order valence-corrected chi connectivity index (χ2v) is 6.14. The van der Waals surface area contributed by atoms with Gasteiger partial charge in [-0.25, -0.2) is 4.98 Å². The molecule has 1 aromatic heterocycles. The van der Waals surface area contributed by atoms with Gasteiger partial charge in [0.05, 0.1) is 12.0 Å². The predicted molar refractivity (Wildman–Crippen MR) is 83.8 cm³/mol. The molecule has 1 heterocycles. The van der Waals surface area contributed by atoms with E-state index in [0.717, 1.165) is 12.1 Å².